The van der Waals surface area contributed by atoms with E-state index in [1.54, 1.807) is 12.1 Å². The Kier molecular flexibility index (Phi) is 5.61. The summed E-state index contributed by atoms with van der Waals surface area (Å²) in [5.74, 6) is 0.0772. The molecular formula is C26H29ClN2O4. The van der Waals surface area contributed by atoms with Crippen LogP contribution in [0.1, 0.15) is 66.6 Å². The number of benzene rings is 2. The van der Waals surface area contributed by atoms with Crippen molar-refractivity contribution in [2.24, 2.45) is 5.16 Å². The van der Waals surface area contributed by atoms with Crippen LogP contribution in [-0.4, -0.2) is 46.0 Å². The number of oxime groups is 1. The molecular weight excluding hydrogens is 440 g/mol. The average Bonchev–Trinajstić information content (AvgIpc) is 3.19. The standard InChI is InChI=1S/C26H29ClN2O4/c1-25(2)8-7-19-13-21(27)14-20(23(19)32-25)16-29-11-9-26(10-12-29)15-22(28-33-26)17-3-5-18(6-4-17)24(30)31/h3-6,13-14H,7-12,15-16H2,1-2H3,(H,30,31). The van der Waals surface area contributed by atoms with Crippen LogP contribution >= 0.6 is 11.6 Å². The predicted molar refractivity (Wildman–Crippen MR) is 127 cm³/mol. The molecule has 1 N–H and O–H groups in total. The minimum atomic E-state index is -0.926. The van der Waals surface area contributed by atoms with Crippen LogP contribution in [0.5, 0.6) is 5.75 Å². The second-order valence-corrected chi connectivity index (χ2v) is 10.5. The van der Waals surface area contributed by atoms with Crippen LogP contribution in [0, 0.1) is 0 Å². The first kappa shape index (κ1) is 22.2. The normalized spacial score (nSPS) is 21.1. The third kappa shape index (κ3) is 4.59. The Morgan fingerprint density at radius 3 is 2.58 bits per heavy atom. The number of rotatable bonds is 4. The molecule has 174 valence electrons. The highest BCUT2D eigenvalue weighted by atomic mass is 35.5. The largest absolute Gasteiger partial charge is 0.487 e. The lowest BCUT2D eigenvalue weighted by atomic mass is 9.85. The third-order valence-corrected chi connectivity index (χ3v) is 7.27. The fourth-order valence-corrected chi connectivity index (χ4v) is 5.28. The number of aromatic carboxylic acids is 1. The zero-order valence-corrected chi connectivity index (χ0v) is 19.8. The molecule has 3 heterocycles. The zero-order valence-electron chi connectivity index (χ0n) is 19.1. The van der Waals surface area contributed by atoms with Crippen molar-refractivity contribution in [1.82, 2.24) is 4.90 Å². The first-order valence-electron chi connectivity index (χ1n) is 11.5. The fourth-order valence-electron chi connectivity index (χ4n) is 5.02. The Bertz CT molecular complexity index is 1100. The van der Waals surface area contributed by atoms with Gasteiger partial charge in [-0.25, -0.2) is 4.79 Å². The average molecular weight is 469 g/mol. The number of piperidine rings is 1. The first-order valence-corrected chi connectivity index (χ1v) is 11.9. The van der Waals surface area contributed by atoms with Gasteiger partial charge in [0.15, 0.2) is 0 Å². The Morgan fingerprint density at radius 1 is 1.15 bits per heavy atom. The van der Waals surface area contributed by atoms with Gasteiger partial charge in [-0.1, -0.05) is 28.9 Å². The van der Waals surface area contributed by atoms with Gasteiger partial charge in [0.25, 0.3) is 0 Å². The zero-order chi connectivity index (χ0) is 23.2. The van der Waals surface area contributed by atoms with E-state index in [9.17, 15) is 4.79 Å². The molecule has 0 aliphatic carbocycles. The van der Waals surface area contributed by atoms with E-state index in [-0.39, 0.29) is 16.8 Å². The maximum Gasteiger partial charge on any atom is 0.335 e. The lowest BCUT2D eigenvalue weighted by Crippen LogP contribution is -2.44. The third-order valence-electron chi connectivity index (χ3n) is 7.05. The van der Waals surface area contributed by atoms with E-state index in [1.807, 2.05) is 24.3 Å². The van der Waals surface area contributed by atoms with E-state index < -0.39 is 5.97 Å². The van der Waals surface area contributed by atoms with Crippen molar-refractivity contribution in [3.63, 3.8) is 0 Å². The topological polar surface area (TPSA) is 71.4 Å². The molecule has 1 spiro atoms. The van der Waals surface area contributed by atoms with Gasteiger partial charge in [0.2, 0.25) is 0 Å². The van der Waals surface area contributed by atoms with Gasteiger partial charge in [-0.15, -0.1) is 0 Å². The van der Waals surface area contributed by atoms with Gasteiger partial charge in [0.1, 0.15) is 17.0 Å². The van der Waals surface area contributed by atoms with Crippen LogP contribution in [-0.2, 0) is 17.8 Å². The van der Waals surface area contributed by atoms with E-state index in [2.05, 4.69) is 23.9 Å². The molecule has 0 saturated carbocycles. The Hall–Kier alpha value is -2.57. The Balaban J connectivity index is 1.23. The molecule has 0 aromatic heterocycles. The maximum atomic E-state index is 11.1. The highest BCUT2D eigenvalue weighted by Crippen LogP contribution is 2.40. The van der Waals surface area contributed by atoms with Gasteiger partial charge in [-0.2, -0.15) is 0 Å². The molecule has 2 aromatic carbocycles. The van der Waals surface area contributed by atoms with Gasteiger partial charge in [-0.3, -0.25) is 4.90 Å². The van der Waals surface area contributed by atoms with Crippen molar-refractivity contribution in [3.8, 4) is 5.75 Å². The molecule has 7 heteroatoms. The summed E-state index contributed by atoms with van der Waals surface area (Å²) in [5, 5.41) is 14.2. The second kappa shape index (κ2) is 8.33. The number of carboxylic acids is 1. The molecule has 2 aromatic rings. The number of hydrogen-bond acceptors (Lipinski definition) is 5. The summed E-state index contributed by atoms with van der Waals surface area (Å²) in [6.07, 6.45) is 4.51. The number of nitrogens with zero attached hydrogens (tertiary/aromatic N) is 2. The number of carboxylic acid groups (broad SMARTS) is 1. The fraction of sp³-hybridized carbons (Fsp3) is 0.462. The highest BCUT2D eigenvalue weighted by Gasteiger charge is 2.42. The lowest BCUT2D eigenvalue weighted by molar-refractivity contribution is -0.0628. The van der Waals surface area contributed by atoms with E-state index in [1.165, 1.54) is 5.56 Å². The molecule has 1 fully saturated rings. The SMILES string of the molecule is CC1(C)CCc2cc(Cl)cc(CN3CCC4(CC3)CC(c3ccc(C(=O)O)cc3)=NO4)c2O1. The van der Waals surface area contributed by atoms with Crippen molar-refractivity contribution < 1.29 is 19.5 Å². The van der Waals surface area contributed by atoms with Gasteiger partial charge >= 0.3 is 5.97 Å². The van der Waals surface area contributed by atoms with Gasteiger partial charge in [0.05, 0.1) is 11.3 Å². The predicted octanol–water partition coefficient (Wildman–Crippen LogP) is 5.30. The van der Waals surface area contributed by atoms with Crippen LogP contribution in [0.25, 0.3) is 0 Å². The van der Waals surface area contributed by atoms with E-state index in [0.717, 1.165) is 79.3 Å². The minimum absolute atomic E-state index is 0.157. The van der Waals surface area contributed by atoms with Crippen LogP contribution in [0.2, 0.25) is 5.02 Å². The summed E-state index contributed by atoms with van der Waals surface area (Å²) in [4.78, 5) is 19.5. The van der Waals surface area contributed by atoms with Crippen molar-refractivity contribution in [2.45, 2.75) is 63.7 Å². The number of likely N-dealkylation sites (tertiary alicyclic amines) is 1. The number of fused-ring (bicyclic) bond motifs is 1. The molecule has 0 radical (unpaired) electrons. The molecule has 0 amide bonds. The molecule has 6 nitrogen and oxygen atoms in total. The molecule has 3 aliphatic rings. The number of carbonyl (C=O) groups is 1. The first-order chi connectivity index (χ1) is 15.7. The summed E-state index contributed by atoms with van der Waals surface area (Å²) in [6, 6.07) is 10.9. The van der Waals surface area contributed by atoms with Crippen LogP contribution < -0.4 is 4.74 Å². The Labute approximate surface area is 199 Å². The van der Waals surface area contributed by atoms with Crippen LogP contribution in [0.3, 0.4) is 0 Å². The van der Waals surface area contributed by atoms with Crippen molar-refractivity contribution in [2.75, 3.05) is 13.1 Å². The van der Waals surface area contributed by atoms with Crippen LogP contribution in [0.15, 0.2) is 41.6 Å². The molecule has 0 unspecified atom stereocenters. The molecule has 0 atom stereocenters. The van der Waals surface area contributed by atoms with E-state index in [4.69, 9.17) is 26.3 Å². The quantitative estimate of drug-likeness (QED) is 0.659. The number of aryl methyl sites for hydroxylation is 1. The van der Waals surface area contributed by atoms with Gasteiger partial charge in [0, 0.05) is 49.5 Å². The number of hydrogen-bond donors (Lipinski definition) is 1. The lowest BCUT2D eigenvalue weighted by Gasteiger charge is -2.38. The number of ether oxygens (including phenoxy) is 1. The smallest absolute Gasteiger partial charge is 0.335 e. The molecule has 3 aliphatic heterocycles. The van der Waals surface area contributed by atoms with Crippen molar-refractivity contribution in [3.05, 3.63) is 63.7 Å². The monoisotopic (exact) mass is 468 g/mol. The summed E-state index contributed by atoms with van der Waals surface area (Å²) in [7, 11) is 0. The maximum absolute atomic E-state index is 11.1. The van der Waals surface area contributed by atoms with E-state index >= 15 is 0 Å². The van der Waals surface area contributed by atoms with Gasteiger partial charge < -0.3 is 14.7 Å². The van der Waals surface area contributed by atoms with Crippen LogP contribution in [0.4, 0.5) is 0 Å². The molecule has 5 rings (SSSR count). The summed E-state index contributed by atoms with van der Waals surface area (Å²) in [5.41, 5.74) is 4.01. The minimum Gasteiger partial charge on any atom is -0.487 e. The van der Waals surface area contributed by atoms with Crippen molar-refractivity contribution >= 4 is 23.3 Å². The Morgan fingerprint density at radius 2 is 1.88 bits per heavy atom. The molecule has 0 bridgehead atoms. The number of halogens is 1. The second-order valence-electron chi connectivity index (χ2n) is 10.1. The summed E-state index contributed by atoms with van der Waals surface area (Å²) < 4.78 is 6.36. The van der Waals surface area contributed by atoms with E-state index in [0.29, 0.717) is 0 Å². The molecule has 1 saturated heterocycles. The van der Waals surface area contributed by atoms with Gasteiger partial charge in [-0.05, 0) is 62.1 Å². The van der Waals surface area contributed by atoms with Crippen molar-refractivity contribution in [1.29, 1.82) is 0 Å². The summed E-state index contributed by atoms with van der Waals surface area (Å²) in [6.45, 7) is 6.91. The molecule has 33 heavy (non-hydrogen) atoms. The highest BCUT2D eigenvalue weighted by molar-refractivity contribution is 6.30. The summed E-state index contributed by atoms with van der Waals surface area (Å²) >= 11 is 6.43.